The number of carbonyl (C=O) groups excluding carboxylic acids is 2. The first-order chi connectivity index (χ1) is 13.4. The summed E-state index contributed by atoms with van der Waals surface area (Å²) in [5.41, 5.74) is 3.29. The van der Waals surface area contributed by atoms with Gasteiger partial charge in [0.1, 0.15) is 11.8 Å². The smallest absolute Gasteiger partial charge is 0.261 e. The Bertz CT molecular complexity index is 769. The molecule has 0 heterocycles. The number of rotatable bonds is 9. The average molecular weight is 383 g/mol. The third-order valence-corrected chi connectivity index (χ3v) is 4.67. The molecule has 0 aromatic heterocycles. The molecule has 0 unspecified atom stereocenters. The van der Waals surface area contributed by atoms with Crippen molar-refractivity contribution in [2.45, 2.75) is 39.7 Å². The van der Waals surface area contributed by atoms with E-state index in [1.165, 1.54) is 0 Å². The van der Waals surface area contributed by atoms with E-state index in [9.17, 15) is 9.59 Å². The summed E-state index contributed by atoms with van der Waals surface area (Å²) in [6.07, 6.45) is 1.23. The van der Waals surface area contributed by atoms with Crippen LogP contribution in [-0.2, 0) is 16.0 Å². The van der Waals surface area contributed by atoms with Gasteiger partial charge in [-0.3, -0.25) is 9.59 Å². The minimum Gasteiger partial charge on any atom is -0.484 e. The van der Waals surface area contributed by atoms with E-state index in [0.717, 1.165) is 16.7 Å². The van der Waals surface area contributed by atoms with Crippen LogP contribution in [0.1, 0.15) is 30.0 Å². The lowest BCUT2D eigenvalue weighted by molar-refractivity contribution is -0.142. The van der Waals surface area contributed by atoms with Crippen molar-refractivity contribution in [1.29, 1.82) is 0 Å². The molecular formula is C23H30N2O3. The number of hydrogen-bond acceptors (Lipinski definition) is 3. The van der Waals surface area contributed by atoms with Gasteiger partial charge in [0, 0.05) is 13.6 Å². The number of ether oxygens (including phenoxy) is 1. The van der Waals surface area contributed by atoms with Crippen LogP contribution in [0.3, 0.4) is 0 Å². The maximum absolute atomic E-state index is 12.9. The first-order valence-corrected chi connectivity index (χ1v) is 9.70. The fourth-order valence-electron chi connectivity index (χ4n) is 3.31. The number of carbonyl (C=O) groups is 2. The van der Waals surface area contributed by atoms with Gasteiger partial charge in [-0.1, -0.05) is 43.3 Å². The van der Waals surface area contributed by atoms with Crippen LogP contribution < -0.4 is 10.1 Å². The van der Waals surface area contributed by atoms with Crippen molar-refractivity contribution >= 4 is 11.8 Å². The van der Waals surface area contributed by atoms with Crippen LogP contribution in [0, 0.1) is 13.8 Å². The van der Waals surface area contributed by atoms with E-state index in [0.29, 0.717) is 25.1 Å². The molecular weight excluding hydrogens is 352 g/mol. The Morgan fingerprint density at radius 2 is 1.71 bits per heavy atom. The third-order valence-electron chi connectivity index (χ3n) is 4.67. The van der Waals surface area contributed by atoms with Crippen molar-refractivity contribution in [1.82, 2.24) is 10.2 Å². The largest absolute Gasteiger partial charge is 0.484 e. The maximum atomic E-state index is 12.9. The van der Waals surface area contributed by atoms with Crippen LogP contribution in [0.15, 0.2) is 48.5 Å². The van der Waals surface area contributed by atoms with Gasteiger partial charge >= 0.3 is 0 Å². The van der Waals surface area contributed by atoms with Crippen molar-refractivity contribution < 1.29 is 14.3 Å². The molecule has 2 rings (SSSR count). The Labute approximate surface area is 167 Å². The Morgan fingerprint density at radius 1 is 1.07 bits per heavy atom. The molecule has 0 radical (unpaired) electrons. The minimum absolute atomic E-state index is 0.0921. The van der Waals surface area contributed by atoms with Crippen LogP contribution in [0.2, 0.25) is 0 Å². The van der Waals surface area contributed by atoms with E-state index in [4.69, 9.17) is 4.74 Å². The predicted molar refractivity (Wildman–Crippen MR) is 111 cm³/mol. The molecule has 0 aliphatic rings. The first kappa shape index (κ1) is 21.5. The molecule has 0 aliphatic carbocycles. The summed E-state index contributed by atoms with van der Waals surface area (Å²) in [5, 5.41) is 2.66. The monoisotopic (exact) mass is 382 g/mol. The highest BCUT2D eigenvalue weighted by Gasteiger charge is 2.27. The maximum Gasteiger partial charge on any atom is 0.261 e. The lowest BCUT2D eigenvalue weighted by atomic mass is 10.1. The third kappa shape index (κ3) is 6.12. The molecule has 5 heteroatoms. The Hall–Kier alpha value is -2.82. The second-order valence-corrected chi connectivity index (χ2v) is 6.97. The molecule has 0 saturated carbocycles. The molecule has 150 valence electrons. The Balaban J connectivity index is 2.11. The second kappa shape index (κ2) is 10.5. The zero-order valence-corrected chi connectivity index (χ0v) is 17.2. The van der Waals surface area contributed by atoms with Gasteiger partial charge in [0.15, 0.2) is 6.61 Å². The quantitative estimate of drug-likeness (QED) is 0.724. The Kier molecular flexibility index (Phi) is 8.05. The van der Waals surface area contributed by atoms with Gasteiger partial charge in [-0.25, -0.2) is 0 Å². The summed E-state index contributed by atoms with van der Waals surface area (Å²) < 4.78 is 5.75. The number of likely N-dealkylation sites (N-methyl/N-ethyl adjacent to an activating group) is 1. The molecule has 0 spiro atoms. The highest BCUT2D eigenvalue weighted by Crippen LogP contribution is 2.17. The van der Waals surface area contributed by atoms with E-state index >= 15 is 0 Å². The van der Waals surface area contributed by atoms with Gasteiger partial charge in [-0.2, -0.15) is 0 Å². The van der Waals surface area contributed by atoms with Crippen molar-refractivity contribution in [3.05, 3.63) is 65.2 Å². The number of aryl methyl sites for hydroxylation is 2. The van der Waals surface area contributed by atoms with Crippen LogP contribution in [-0.4, -0.2) is 43.0 Å². The van der Waals surface area contributed by atoms with Gasteiger partial charge in [0.25, 0.3) is 5.91 Å². The SMILES string of the molecule is CC[C@@H](C(=O)NC)N(CCc1ccccc1)C(=O)COc1cc(C)cc(C)c1. The molecule has 0 aliphatic heterocycles. The molecule has 0 fully saturated rings. The van der Waals surface area contributed by atoms with Crippen molar-refractivity contribution in [3.63, 3.8) is 0 Å². The number of nitrogens with one attached hydrogen (secondary N) is 1. The molecule has 28 heavy (non-hydrogen) atoms. The van der Waals surface area contributed by atoms with Gasteiger partial charge < -0.3 is 15.0 Å². The van der Waals surface area contributed by atoms with E-state index < -0.39 is 6.04 Å². The van der Waals surface area contributed by atoms with Crippen LogP contribution in [0.25, 0.3) is 0 Å². The summed E-state index contributed by atoms with van der Waals surface area (Å²) in [6, 6.07) is 15.3. The molecule has 5 nitrogen and oxygen atoms in total. The van der Waals surface area contributed by atoms with E-state index in [2.05, 4.69) is 11.4 Å². The van der Waals surface area contributed by atoms with Crippen molar-refractivity contribution in [2.75, 3.05) is 20.2 Å². The average Bonchev–Trinajstić information content (AvgIpc) is 2.69. The number of amides is 2. The summed E-state index contributed by atoms with van der Waals surface area (Å²) in [6.45, 7) is 6.27. The number of nitrogens with zero attached hydrogens (tertiary/aromatic N) is 1. The standard InChI is InChI=1S/C23H30N2O3/c1-5-21(23(27)24-4)25(12-11-19-9-7-6-8-10-19)22(26)16-28-20-14-17(2)13-18(3)15-20/h6-10,13-15,21H,5,11-12,16H2,1-4H3,(H,24,27)/t21-/m0/s1. The minimum atomic E-state index is -0.510. The summed E-state index contributed by atoms with van der Waals surface area (Å²) in [4.78, 5) is 26.9. The summed E-state index contributed by atoms with van der Waals surface area (Å²) >= 11 is 0. The highest BCUT2D eigenvalue weighted by atomic mass is 16.5. The van der Waals surface area contributed by atoms with Crippen LogP contribution in [0.5, 0.6) is 5.75 Å². The predicted octanol–water partition coefficient (Wildman–Crippen LogP) is 3.28. The van der Waals surface area contributed by atoms with E-state index in [-0.39, 0.29) is 18.4 Å². The highest BCUT2D eigenvalue weighted by molar-refractivity contribution is 5.88. The molecule has 1 atom stereocenters. The topological polar surface area (TPSA) is 58.6 Å². The molecule has 2 aromatic carbocycles. The zero-order chi connectivity index (χ0) is 20.5. The van der Waals surface area contributed by atoms with Gasteiger partial charge in [0.2, 0.25) is 5.91 Å². The van der Waals surface area contributed by atoms with Crippen LogP contribution in [0.4, 0.5) is 0 Å². The molecule has 0 bridgehead atoms. The lowest BCUT2D eigenvalue weighted by Gasteiger charge is -2.30. The second-order valence-electron chi connectivity index (χ2n) is 6.97. The fourth-order valence-corrected chi connectivity index (χ4v) is 3.31. The van der Waals surface area contributed by atoms with Crippen molar-refractivity contribution in [3.8, 4) is 5.75 Å². The van der Waals surface area contributed by atoms with Crippen LogP contribution >= 0.6 is 0 Å². The summed E-state index contributed by atoms with van der Waals surface area (Å²) in [7, 11) is 1.59. The van der Waals surface area contributed by atoms with Gasteiger partial charge in [-0.15, -0.1) is 0 Å². The first-order valence-electron chi connectivity index (χ1n) is 9.70. The van der Waals surface area contributed by atoms with Gasteiger partial charge in [-0.05, 0) is 55.5 Å². The van der Waals surface area contributed by atoms with E-state index in [1.54, 1.807) is 11.9 Å². The summed E-state index contributed by atoms with van der Waals surface area (Å²) in [5.74, 6) is 0.322. The fraction of sp³-hybridized carbons (Fsp3) is 0.391. The van der Waals surface area contributed by atoms with Crippen molar-refractivity contribution in [2.24, 2.45) is 0 Å². The Morgan fingerprint density at radius 3 is 2.29 bits per heavy atom. The molecule has 1 N–H and O–H groups in total. The number of hydrogen-bond donors (Lipinski definition) is 1. The molecule has 2 aromatic rings. The number of benzene rings is 2. The normalized spacial score (nSPS) is 11.6. The molecule has 2 amide bonds. The zero-order valence-electron chi connectivity index (χ0n) is 17.2. The van der Waals surface area contributed by atoms with Gasteiger partial charge in [0.05, 0.1) is 0 Å². The lowest BCUT2D eigenvalue weighted by Crippen LogP contribution is -2.50. The van der Waals surface area contributed by atoms with E-state index in [1.807, 2.05) is 63.2 Å². The molecule has 0 saturated heterocycles.